The van der Waals surface area contributed by atoms with Gasteiger partial charge in [0.1, 0.15) is 0 Å². The van der Waals surface area contributed by atoms with Gasteiger partial charge < -0.3 is 9.64 Å². The van der Waals surface area contributed by atoms with Gasteiger partial charge in [0.25, 0.3) is 5.17 Å². The quantitative estimate of drug-likeness (QED) is 0.518. The summed E-state index contributed by atoms with van der Waals surface area (Å²) in [5, 5.41) is 0.546. The molecule has 0 spiro atoms. The van der Waals surface area contributed by atoms with Crippen LogP contribution >= 0.6 is 12.2 Å². The van der Waals surface area contributed by atoms with E-state index in [0.717, 1.165) is 0 Å². The van der Waals surface area contributed by atoms with Gasteiger partial charge in [-0.1, -0.05) is 0 Å². The summed E-state index contributed by atoms with van der Waals surface area (Å²) in [4.78, 5) is 1.77. The summed E-state index contributed by atoms with van der Waals surface area (Å²) in [6.45, 7) is 3.91. The molecule has 54 valence electrons. The van der Waals surface area contributed by atoms with Gasteiger partial charge in [0.2, 0.25) is 0 Å². The van der Waals surface area contributed by atoms with Gasteiger partial charge in [-0.25, -0.2) is 0 Å². The summed E-state index contributed by atoms with van der Waals surface area (Å²) >= 11 is 4.86. The fourth-order valence-electron chi connectivity index (χ4n) is 0.307. The normalized spacial score (nSPS) is 9.44. The first-order valence-corrected chi connectivity index (χ1v) is 3.32. The Morgan fingerprint density at radius 1 is 1.44 bits per heavy atom. The molecule has 9 heavy (non-hydrogen) atoms. The van der Waals surface area contributed by atoms with Crippen molar-refractivity contribution in [1.82, 2.24) is 4.90 Å². The standard InChI is InChI=1S/C6H13NOS/c1-5(2)8-6(9)7(3)4/h5H,1-4H3. The molecule has 0 amide bonds. The van der Waals surface area contributed by atoms with Crippen molar-refractivity contribution in [1.29, 1.82) is 0 Å². The molecule has 0 atom stereocenters. The third-order valence-corrected chi connectivity index (χ3v) is 1.16. The number of ether oxygens (including phenoxy) is 1. The van der Waals surface area contributed by atoms with Crippen LogP contribution in [0.15, 0.2) is 0 Å². The highest BCUT2D eigenvalue weighted by molar-refractivity contribution is 7.80. The Morgan fingerprint density at radius 2 is 1.89 bits per heavy atom. The maximum absolute atomic E-state index is 5.17. The predicted octanol–water partition coefficient (Wildman–Crippen LogP) is 1.26. The zero-order chi connectivity index (χ0) is 7.44. The first-order valence-electron chi connectivity index (χ1n) is 2.92. The Labute approximate surface area is 61.8 Å². The molecule has 0 aromatic carbocycles. The van der Waals surface area contributed by atoms with Crippen LogP contribution in [0.3, 0.4) is 0 Å². The minimum absolute atomic E-state index is 0.180. The highest BCUT2D eigenvalue weighted by atomic mass is 32.1. The smallest absolute Gasteiger partial charge is 0.259 e. The number of hydrogen-bond donors (Lipinski definition) is 0. The molecule has 0 fully saturated rings. The number of thiocarbonyl (C=S) groups is 1. The van der Waals surface area contributed by atoms with Crippen LogP contribution in [0.5, 0.6) is 0 Å². The first kappa shape index (κ1) is 8.69. The molecule has 0 aliphatic carbocycles. The van der Waals surface area contributed by atoms with E-state index in [0.29, 0.717) is 5.17 Å². The maximum Gasteiger partial charge on any atom is 0.259 e. The van der Waals surface area contributed by atoms with Gasteiger partial charge in [0.05, 0.1) is 6.10 Å². The molecule has 2 nitrogen and oxygen atoms in total. The van der Waals surface area contributed by atoms with E-state index in [-0.39, 0.29) is 6.10 Å². The second-order valence-corrected chi connectivity index (χ2v) is 2.68. The molecule has 0 aromatic heterocycles. The largest absolute Gasteiger partial charge is 0.468 e. The lowest BCUT2D eigenvalue weighted by Crippen LogP contribution is -2.25. The molecule has 3 heteroatoms. The fraction of sp³-hybridized carbons (Fsp3) is 0.833. The molecule has 0 saturated carbocycles. The zero-order valence-electron chi connectivity index (χ0n) is 6.34. The Balaban J connectivity index is 3.51. The number of nitrogens with zero attached hydrogens (tertiary/aromatic N) is 1. The molecule has 0 aliphatic rings. The summed E-state index contributed by atoms with van der Waals surface area (Å²) in [6, 6.07) is 0. The van der Waals surface area contributed by atoms with E-state index < -0.39 is 0 Å². The van der Waals surface area contributed by atoms with E-state index in [1.807, 2.05) is 27.9 Å². The van der Waals surface area contributed by atoms with Gasteiger partial charge in [-0.15, -0.1) is 0 Å². The molecule has 0 radical (unpaired) electrons. The van der Waals surface area contributed by atoms with Crippen LogP contribution in [0.2, 0.25) is 0 Å². The maximum atomic E-state index is 5.17. The van der Waals surface area contributed by atoms with Gasteiger partial charge in [-0.2, -0.15) is 0 Å². The predicted molar refractivity (Wildman–Crippen MR) is 42.5 cm³/mol. The summed E-state index contributed by atoms with van der Waals surface area (Å²) < 4.78 is 5.17. The Morgan fingerprint density at radius 3 is 2.00 bits per heavy atom. The van der Waals surface area contributed by atoms with Gasteiger partial charge >= 0.3 is 0 Å². The molecule has 0 aliphatic heterocycles. The fourth-order valence-corrected chi connectivity index (χ4v) is 0.499. The van der Waals surface area contributed by atoms with Crippen molar-refractivity contribution in [2.75, 3.05) is 14.1 Å². The molecule has 0 N–H and O–H groups in total. The van der Waals surface area contributed by atoms with E-state index in [1.54, 1.807) is 4.90 Å². The Hall–Kier alpha value is -0.310. The Kier molecular flexibility index (Phi) is 3.54. The van der Waals surface area contributed by atoms with E-state index in [2.05, 4.69) is 0 Å². The van der Waals surface area contributed by atoms with Crippen molar-refractivity contribution in [3.63, 3.8) is 0 Å². The van der Waals surface area contributed by atoms with Crippen LogP contribution in [0.25, 0.3) is 0 Å². The van der Waals surface area contributed by atoms with Gasteiger partial charge in [-0.3, -0.25) is 0 Å². The van der Waals surface area contributed by atoms with Gasteiger partial charge in [-0.05, 0) is 26.1 Å². The molecule has 0 bridgehead atoms. The topological polar surface area (TPSA) is 12.5 Å². The van der Waals surface area contributed by atoms with Crippen LogP contribution in [0.1, 0.15) is 13.8 Å². The van der Waals surface area contributed by atoms with Crippen molar-refractivity contribution < 1.29 is 4.74 Å². The van der Waals surface area contributed by atoms with E-state index in [9.17, 15) is 0 Å². The lowest BCUT2D eigenvalue weighted by atomic mass is 10.5. The second kappa shape index (κ2) is 3.67. The number of hydrogen-bond acceptors (Lipinski definition) is 2. The van der Waals surface area contributed by atoms with Crippen molar-refractivity contribution in [3.05, 3.63) is 0 Å². The SMILES string of the molecule is CC(C)OC(=S)N(C)C. The van der Waals surface area contributed by atoms with Crippen molar-refractivity contribution in [3.8, 4) is 0 Å². The average Bonchev–Trinajstić information content (AvgIpc) is 1.63. The molecule has 0 aromatic rings. The first-order chi connectivity index (χ1) is 4.04. The Bertz CT molecular complexity index is 101. The zero-order valence-corrected chi connectivity index (χ0v) is 7.16. The molecular weight excluding hydrogens is 134 g/mol. The van der Waals surface area contributed by atoms with Crippen molar-refractivity contribution in [2.24, 2.45) is 0 Å². The third-order valence-electron chi connectivity index (χ3n) is 0.702. The molecule has 0 rings (SSSR count). The minimum atomic E-state index is 0.180. The van der Waals surface area contributed by atoms with Gasteiger partial charge in [0, 0.05) is 14.1 Å². The molecule has 0 heterocycles. The highest BCUT2D eigenvalue weighted by Gasteiger charge is 2.00. The van der Waals surface area contributed by atoms with Crippen LogP contribution in [0, 0.1) is 0 Å². The van der Waals surface area contributed by atoms with E-state index >= 15 is 0 Å². The van der Waals surface area contributed by atoms with Crippen molar-refractivity contribution >= 4 is 17.4 Å². The van der Waals surface area contributed by atoms with Crippen LogP contribution in [-0.4, -0.2) is 30.3 Å². The van der Waals surface area contributed by atoms with Crippen molar-refractivity contribution in [2.45, 2.75) is 20.0 Å². The molecule has 0 unspecified atom stereocenters. The van der Waals surface area contributed by atoms with Crippen LogP contribution < -0.4 is 0 Å². The lowest BCUT2D eigenvalue weighted by molar-refractivity contribution is 0.203. The van der Waals surface area contributed by atoms with Gasteiger partial charge in [0.15, 0.2) is 0 Å². The second-order valence-electron chi connectivity index (χ2n) is 2.33. The minimum Gasteiger partial charge on any atom is -0.468 e. The monoisotopic (exact) mass is 147 g/mol. The van der Waals surface area contributed by atoms with E-state index in [4.69, 9.17) is 17.0 Å². The van der Waals surface area contributed by atoms with Crippen LogP contribution in [-0.2, 0) is 4.74 Å². The summed E-state index contributed by atoms with van der Waals surface area (Å²) in [5.41, 5.74) is 0. The summed E-state index contributed by atoms with van der Waals surface area (Å²) in [6.07, 6.45) is 0.180. The highest BCUT2D eigenvalue weighted by Crippen LogP contribution is 1.92. The summed E-state index contributed by atoms with van der Waals surface area (Å²) in [5.74, 6) is 0. The third kappa shape index (κ3) is 4.21. The average molecular weight is 147 g/mol. The van der Waals surface area contributed by atoms with Crippen LogP contribution in [0.4, 0.5) is 0 Å². The number of rotatable bonds is 1. The lowest BCUT2D eigenvalue weighted by Gasteiger charge is -2.16. The molecule has 0 saturated heterocycles. The summed E-state index contributed by atoms with van der Waals surface area (Å²) in [7, 11) is 3.73. The molecular formula is C6H13NOS. The van der Waals surface area contributed by atoms with E-state index in [1.165, 1.54) is 0 Å².